The molecule has 160 valence electrons. The lowest BCUT2D eigenvalue weighted by molar-refractivity contribution is -0.109. The first kappa shape index (κ1) is 23.2. The van der Waals surface area contributed by atoms with Gasteiger partial charge >= 0.3 is 0 Å². The molecule has 0 saturated heterocycles. The Morgan fingerprint density at radius 3 is 2.66 bits per heavy atom. The van der Waals surface area contributed by atoms with Crippen molar-refractivity contribution in [2.45, 2.75) is 57.7 Å². The zero-order valence-electron chi connectivity index (χ0n) is 17.5. The van der Waals surface area contributed by atoms with Crippen molar-refractivity contribution in [3.05, 3.63) is 34.9 Å². The number of nitrogens with one attached hydrogen (secondary N) is 2. The van der Waals surface area contributed by atoms with Crippen LogP contribution in [0.25, 0.3) is 6.08 Å². The Labute approximate surface area is 173 Å². The van der Waals surface area contributed by atoms with Gasteiger partial charge in [0.2, 0.25) is 0 Å². The smallest absolute Gasteiger partial charge is 0.120 e. The van der Waals surface area contributed by atoms with E-state index in [-0.39, 0.29) is 6.17 Å². The molecule has 0 aliphatic heterocycles. The Morgan fingerprint density at radius 1 is 1.17 bits per heavy atom. The molecule has 1 unspecified atom stereocenters. The van der Waals surface area contributed by atoms with Gasteiger partial charge in [0.05, 0.1) is 19.4 Å². The Bertz CT molecular complexity index is 672. The number of hydrogen-bond acceptors (Lipinski definition) is 7. The molecule has 1 aliphatic rings. The number of hydrogen-bond donors (Lipinski definition) is 2. The minimum Gasteiger partial charge on any atom is -0.494 e. The van der Waals surface area contributed by atoms with Gasteiger partial charge in [-0.1, -0.05) is 17.7 Å². The van der Waals surface area contributed by atoms with Crippen LogP contribution in [0.15, 0.2) is 23.8 Å². The monoisotopic (exact) mass is 403 g/mol. The average molecular weight is 404 g/mol. The Hall–Kier alpha value is -2.06. The lowest BCUT2D eigenvalue weighted by atomic mass is 10.1. The van der Waals surface area contributed by atoms with Crippen molar-refractivity contribution in [1.82, 2.24) is 15.9 Å². The number of hydroxylamine groups is 1. The number of allylic oxidation sites excluding steroid dienone is 1. The molecule has 0 heterocycles. The second-order valence-electron chi connectivity index (χ2n) is 7.17. The molecule has 2 N–H and O–H groups in total. The average Bonchev–Trinajstić information content (AvgIpc) is 3.55. The second-order valence-corrected chi connectivity index (χ2v) is 7.17. The van der Waals surface area contributed by atoms with Gasteiger partial charge in [0.25, 0.3) is 0 Å². The van der Waals surface area contributed by atoms with Gasteiger partial charge in [-0.3, -0.25) is 10.3 Å². The van der Waals surface area contributed by atoms with E-state index in [0.717, 1.165) is 55.1 Å². The summed E-state index contributed by atoms with van der Waals surface area (Å²) in [6.45, 7) is 1.02. The Kier molecular flexibility index (Phi) is 10.6. The topological polar surface area (TPSA) is 79.9 Å². The number of ether oxygens (including phenoxy) is 1. The van der Waals surface area contributed by atoms with Gasteiger partial charge in [0.15, 0.2) is 0 Å². The van der Waals surface area contributed by atoms with E-state index in [1.807, 2.05) is 37.3 Å². The summed E-state index contributed by atoms with van der Waals surface area (Å²) < 4.78 is 5.83. The van der Waals surface area contributed by atoms with Gasteiger partial charge in [-0.25, -0.2) is 5.01 Å². The van der Waals surface area contributed by atoms with Crippen molar-refractivity contribution in [3.63, 3.8) is 0 Å². The third kappa shape index (κ3) is 8.87. The van der Waals surface area contributed by atoms with Crippen molar-refractivity contribution in [2.75, 3.05) is 20.7 Å². The van der Waals surface area contributed by atoms with E-state index >= 15 is 0 Å². The van der Waals surface area contributed by atoms with Crippen molar-refractivity contribution < 1.29 is 19.2 Å². The molecule has 7 nitrogen and oxygen atoms in total. The third-order valence-corrected chi connectivity index (χ3v) is 4.83. The molecule has 0 amide bonds. The van der Waals surface area contributed by atoms with Crippen molar-refractivity contribution >= 4 is 18.6 Å². The molecule has 29 heavy (non-hydrogen) atoms. The van der Waals surface area contributed by atoms with E-state index in [1.54, 1.807) is 0 Å². The number of carbonyl (C=O) groups excluding carboxylic acids is 2. The summed E-state index contributed by atoms with van der Waals surface area (Å²) in [6, 6.07) is 6.03. The van der Waals surface area contributed by atoms with E-state index in [4.69, 9.17) is 9.57 Å². The van der Waals surface area contributed by atoms with Crippen LogP contribution >= 0.6 is 0 Å². The zero-order chi connectivity index (χ0) is 20.9. The first-order valence-electron chi connectivity index (χ1n) is 10.3. The van der Waals surface area contributed by atoms with Crippen LogP contribution < -0.4 is 15.6 Å². The number of aldehydes is 2. The fraction of sp³-hybridized carbons (Fsp3) is 0.545. The summed E-state index contributed by atoms with van der Waals surface area (Å²) >= 11 is 0. The maximum Gasteiger partial charge on any atom is 0.120 e. The number of benzene rings is 1. The molecule has 0 radical (unpaired) electrons. The number of nitrogens with zero attached hydrogens (tertiary/aromatic N) is 1. The summed E-state index contributed by atoms with van der Waals surface area (Å²) in [5.74, 6) is 0.832. The van der Waals surface area contributed by atoms with E-state index < -0.39 is 0 Å². The predicted octanol–water partition coefficient (Wildman–Crippen LogP) is 3.00. The molecule has 1 aromatic rings. The fourth-order valence-corrected chi connectivity index (χ4v) is 2.81. The molecule has 1 aromatic carbocycles. The molecule has 1 aliphatic carbocycles. The van der Waals surface area contributed by atoms with E-state index in [1.165, 1.54) is 5.57 Å². The van der Waals surface area contributed by atoms with Crippen LogP contribution in [0.4, 0.5) is 0 Å². The lowest BCUT2D eigenvalue weighted by Gasteiger charge is -2.27. The van der Waals surface area contributed by atoms with Crippen LogP contribution in [0.3, 0.4) is 0 Å². The maximum absolute atomic E-state index is 10.7. The maximum atomic E-state index is 10.7. The molecule has 7 heteroatoms. The fourth-order valence-electron chi connectivity index (χ4n) is 2.81. The number of hydrazine groups is 1. The number of carbonyl (C=O) groups is 2. The minimum absolute atomic E-state index is 0.107. The van der Waals surface area contributed by atoms with Crippen molar-refractivity contribution in [1.29, 1.82) is 0 Å². The summed E-state index contributed by atoms with van der Waals surface area (Å²) in [5.41, 5.74) is 9.69. The van der Waals surface area contributed by atoms with Crippen LogP contribution in [0.5, 0.6) is 5.75 Å². The van der Waals surface area contributed by atoms with E-state index in [0.29, 0.717) is 32.5 Å². The first-order valence-corrected chi connectivity index (χ1v) is 10.3. The summed E-state index contributed by atoms with van der Waals surface area (Å²) in [6.07, 6.45) is 9.67. The molecule has 0 bridgehead atoms. The molecule has 1 saturated carbocycles. The third-order valence-electron chi connectivity index (χ3n) is 4.83. The van der Waals surface area contributed by atoms with Crippen LogP contribution in [-0.4, -0.2) is 44.4 Å². The summed E-state index contributed by atoms with van der Waals surface area (Å²) in [7, 11) is 3.73. The van der Waals surface area contributed by atoms with Crippen LogP contribution in [0.2, 0.25) is 0 Å². The largest absolute Gasteiger partial charge is 0.494 e. The van der Waals surface area contributed by atoms with Gasteiger partial charge in [0.1, 0.15) is 18.3 Å². The second kappa shape index (κ2) is 13.2. The van der Waals surface area contributed by atoms with Crippen molar-refractivity contribution in [2.24, 2.45) is 0 Å². The van der Waals surface area contributed by atoms with Gasteiger partial charge in [-0.05, 0) is 62.4 Å². The molecule has 1 fully saturated rings. The molecule has 2 rings (SSSR count). The quantitative estimate of drug-likeness (QED) is 0.190. The van der Waals surface area contributed by atoms with Gasteiger partial charge < -0.3 is 14.3 Å². The molecule has 0 spiro atoms. The molecule has 0 aromatic heterocycles. The zero-order valence-corrected chi connectivity index (χ0v) is 17.5. The first-order chi connectivity index (χ1) is 14.2. The number of rotatable bonds is 16. The number of unbranched alkanes of at least 4 members (excludes halogenated alkanes) is 2. The standard InChI is InChI=1S/C22H33N3O4/c1-23-25(2)22(7-6-13-27)24-29-17-19-10-11-21(28-14-5-3-4-12-26)16-20(19)15-18-8-9-18/h10-13,15-16,22-24H,3-9,14,17H2,1-2H3. The summed E-state index contributed by atoms with van der Waals surface area (Å²) in [4.78, 5) is 26.8. The molecule has 1 atom stereocenters. The van der Waals surface area contributed by atoms with Gasteiger partial charge in [-0.15, -0.1) is 0 Å². The molecular formula is C22H33N3O4. The summed E-state index contributed by atoms with van der Waals surface area (Å²) in [5, 5.41) is 1.87. The van der Waals surface area contributed by atoms with Crippen LogP contribution in [0.1, 0.15) is 56.1 Å². The van der Waals surface area contributed by atoms with E-state index in [9.17, 15) is 9.59 Å². The van der Waals surface area contributed by atoms with Crippen LogP contribution in [-0.2, 0) is 21.0 Å². The highest BCUT2D eigenvalue weighted by Gasteiger charge is 2.15. The SMILES string of the molecule is CNN(C)C(CCC=O)NOCc1ccc(OCCCCC=O)cc1C=C1CC1. The molecular weight excluding hydrogens is 370 g/mol. The minimum atomic E-state index is -0.107. The lowest BCUT2D eigenvalue weighted by Crippen LogP contribution is -2.48. The van der Waals surface area contributed by atoms with E-state index in [2.05, 4.69) is 17.0 Å². The highest BCUT2D eigenvalue weighted by molar-refractivity contribution is 5.61. The Balaban J connectivity index is 1.93. The van der Waals surface area contributed by atoms with Crippen molar-refractivity contribution in [3.8, 4) is 5.75 Å². The predicted molar refractivity (Wildman–Crippen MR) is 113 cm³/mol. The van der Waals surface area contributed by atoms with Gasteiger partial charge in [-0.2, -0.15) is 5.48 Å². The van der Waals surface area contributed by atoms with Gasteiger partial charge in [0, 0.05) is 19.9 Å². The Morgan fingerprint density at radius 2 is 1.97 bits per heavy atom. The normalized spacial score (nSPS) is 14.0. The highest BCUT2D eigenvalue weighted by atomic mass is 16.6. The highest BCUT2D eigenvalue weighted by Crippen LogP contribution is 2.32. The van der Waals surface area contributed by atoms with Crippen LogP contribution in [0, 0.1) is 0 Å².